The third kappa shape index (κ3) is 2.69. The van der Waals surface area contributed by atoms with Crippen molar-refractivity contribution >= 4 is 11.9 Å². The van der Waals surface area contributed by atoms with Crippen LogP contribution < -0.4 is 5.32 Å². The highest BCUT2D eigenvalue weighted by atomic mass is 16.5. The van der Waals surface area contributed by atoms with E-state index < -0.39 is 12.1 Å². The molecular formula is C15H16N4O3. The molecule has 114 valence electrons. The van der Waals surface area contributed by atoms with E-state index in [-0.39, 0.29) is 12.5 Å². The van der Waals surface area contributed by atoms with Gasteiger partial charge in [-0.25, -0.2) is 4.79 Å². The second kappa shape index (κ2) is 5.97. The Labute approximate surface area is 127 Å². The van der Waals surface area contributed by atoms with Crippen LogP contribution in [0.15, 0.2) is 30.6 Å². The van der Waals surface area contributed by atoms with Gasteiger partial charge in [0.2, 0.25) is 0 Å². The molecule has 1 atom stereocenters. The molecule has 0 radical (unpaired) electrons. The second-order valence-corrected chi connectivity index (χ2v) is 5.01. The van der Waals surface area contributed by atoms with Gasteiger partial charge < -0.3 is 14.6 Å². The van der Waals surface area contributed by atoms with E-state index in [4.69, 9.17) is 4.74 Å². The van der Waals surface area contributed by atoms with Crippen LogP contribution in [0.5, 0.6) is 0 Å². The van der Waals surface area contributed by atoms with Crippen molar-refractivity contribution in [3.63, 3.8) is 0 Å². The monoisotopic (exact) mass is 300 g/mol. The Morgan fingerprint density at radius 3 is 3.09 bits per heavy atom. The molecule has 2 heterocycles. The Morgan fingerprint density at radius 2 is 2.27 bits per heavy atom. The van der Waals surface area contributed by atoms with Gasteiger partial charge >= 0.3 is 5.97 Å². The quantitative estimate of drug-likeness (QED) is 0.840. The molecule has 0 spiro atoms. The van der Waals surface area contributed by atoms with E-state index in [0.29, 0.717) is 17.8 Å². The number of cyclic esters (lactones) is 1. The Bertz CT molecular complexity index is 710. The number of amides is 1. The molecule has 22 heavy (non-hydrogen) atoms. The van der Waals surface area contributed by atoms with Crippen LogP contribution in [0.1, 0.15) is 28.7 Å². The predicted molar refractivity (Wildman–Crippen MR) is 76.9 cm³/mol. The van der Waals surface area contributed by atoms with Gasteiger partial charge in [0.25, 0.3) is 5.91 Å². The zero-order chi connectivity index (χ0) is 15.5. The van der Waals surface area contributed by atoms with Crippen molar-refractivity contribution in [2.45, 2.75) is 32.5 Å². The number of hydrogen-bond acceptors (Lipinski definition) is 5. The largest absolute Gasteiger partial charge is 0.448 e. The summed E-state index contributed by atoms with van der Waals surface area (Å²) in [6.45, 7) is 2.95. The fourth-order valence-corrected chi connectivity index (χ4v) is 2.44. The summed E-state index contributed by atoms with van der Waals surface area (Å²) in [5.74, 6) is -0.120. The number of aromatic nitrogens is 3. The summed E-state index contributed by atoms with van der Waals surface area (Å²) in [4.78, 5) is 24.1. The number of hydrogen-bond donors (Lipinski definition) is 1. The average Bonchev–Trinajstić information content (AvgIpc) is 3.00. The predicted octanol–water partition coefficient (Wildman–Crippen LogP) is 0.696. The Balaban J connectivity index is 1.65. The maximum absolute atomic E-state index is 12.2. The molecule has 0 aliphatic carbocycles. The lowest BCUT2D eigenvalue weighted by atomic mass is 9.98. The highest BCUT2D eigenvalue weighted by Gasteiger charge is 2.30. The molecule has 1 aromatic carbocycles. The Kier molecular flexibility index (Phi) is 3.86. The van der Waals surface area contributed by atoms with Crippen molar-refractivity contribution in [3.8, 4) is 0 Å². The average molecular weight is 300 g/mol. The van der Waals surface area contributed by atoms with E-state index in [1.165, 1.54) is 0 Å². The van der Waals surface area contributed by atoms with Crippen molar-refractivity contribution in [2.75, 3.05) is 0 Å². The Morgan fingerprint density at radius 1 is 1.45 bits per heavy atom. The first-order chi connectivity index (χ1) is 10.7. The molecule has 3 rings (SSSR count). The van der Waals surface area contributed by atoms with Gasteiger partial charge in [-0.1, -0.05) is 18.2 Å². The number of esters is 1. The molecule has 2 aromatic rings. The molecule has 1 aliphatic heterocycles. The summed E-state index contributed by atoms with van der Waals surface area (Å²) in [7, 11) is 0. The van der Waals surface area contributed by atoms with Crippen molar-refractivity contribution in [1.82, 2.24) is 20.1 Å². The summed E-state index contributed by atoms with van der Waals surface area (Å²) in [6, 6.07) is 7.16. The van der Waals surface area contributed by atoms with Crippen LogP contribution in [0.2, 0.25) is 0 Å². The highest BCUT2D eigenvalue weighted by Crippen LogP contribution is 2.20. The van der Waals surface area contributed by atoms with Gasteiger partial charge in [0, 0.05) is 13.0 Å². The van der Waals surface area contributed by atoms with Crippen LogP contribution in [-0.4, -0.2) is 32.7 Å². The van der Waals surface area contributed by atoms with Gasteiger partial charge in [0.05, 0.1) is 12.1 Å². The molecule has 0 bridgehead atoms. The minimum Gasteiger partial charge on any atom is -0.448 e. The third-order valence-corrected chi connectivity index (χ3v) is 3.64. The molecule has 1 unspecified atom stereocenters. The number of nitrogens with zero attached hydrogens (tertiary/aromatic N) is 3. The van der Waals surface area contributed by atoms with Crippen molar-refractivity contribution < 1.29 is 14.3 Å². The summed E-state index contributed by atoms with van der Waals surface area (Å²) in [5.41, 5.74) is 1.35. The number of carbonyl (C=O) groups excluding carboxylic acids is 2. The van der Waals surface area contributed by atoms with Gasteiger partial charge in [-0.15, -0.1) is 10.2 Å². The van der Waals surface area contributed by atoms with Crippen LogP contribution in [0.4, 0.5) is 0 Å². The number of benzene rings is 1. The van der Waals surface area contributed by atoms with Gasteiger partial charge in [-0.05, 0) is 18.6 Å². The summed E-state index contributed by atoms with van der Waals surface area (Å²) in [5, 5.41) is 10.5. The third-order valence-electron chi connectivity index (χ3n) is 3.64. The van der Waals surface area contributed by atoms with Crippen LogP contribution in [0, 0.1) is 0 Å². The number of aryl methyl sites for hydroxylation is 1. The molecule has 1 amide bonds. The highest BCUT2D eigenvalue weighted by molar-refractivity contribution is 5.95. The number of nitrogens with one attached hydrogen (secondary N) is 1. The lowest BCUT2D eigenvalue weighted by Gasteiger charge is -2.23. The lowest BCUT2D eigenvalue weighted by Crippen LogP contribution is -2.41. The molecule has 7 nitrogen and oxygen atoms in total. The van der Waals surface area contributed by atoms with Crippen LogP contribution in [0.3, 0.4) is 0 Å². The van der Waals surface area contributed by atoms with Crippen LogP contribution >= 0.6 is 0 Å². The topological polar surface area (TPSA) is 86.1 Å². The standard InChI is InChI=1S/C15H16N4O3/c1-2-19-9-17-18-13(19)8-16-14(20)12-7-10-5-3-4-6-11(10)15(21)22-12/h3-6,9,12H,2,7-8H2,1H3,(H,16,20). The van der Waals surface area contributed by atoms with Crippen molar-refractivity contribution in [1.29, 1.82) is 0 Å². The molecular weight excluding hydrogens is 284 g/mol. The number of rotatable bonds is 4. The van der Waals surface area contributed by atoms with E-state index in [1.807, 2.05) is 23.6 Å². The molecule has 1 aromatic heterocycles. The molecule has 1 N–H and O–H groups in total. The van der Waals surface area contributed by atoms with E-state index >= 15 is 0 Å². The zero-order valence-corrected chi connectivity index (χ0v) is 12.2. The number of carbonyl (C=O) groups is 2. The first-order valence-electron chi connectivity index (χ1n) is 7.12. The first kappa shape index (κ1) is 14.2. The summed E-state index contributed by atoms with van der Waals surface area (Å²) in [6.07, 6.45) is 1.19. The second-order valence-electron chi connectivity index (χ2n) is 5.01. The van der Waals surface area contributed by atoms with Crippen molar-refractivity contribution in [3.05, 3.63) is 47.5 Å². The first-order valence-corrected chi connectivity index (χ1v) is 7.12. The smallest absolute Gasteiger partial charge is 0.339 e. The fraction of sp³-hybridized carbons (Fsp3) is 0.333. The number of fused-ring (bicyclic) bond motifs is 1. The van der Waals surface area contributed by atoms with Crippen LogP contribution in [-0.2, 0) is 29.0 Å². The molecule has 0 saturated heterocycles. The summed E-state index contributed by atoms with van der Waals surface area (Å²) < 4.78 is 7.04. The minimum absolute atomic E-state index is 0.252. The zero-order valence-electron chi connectivity index (χ0n) is 12.2. The van der Waals surface area contributed by atoms with E-state index in [0.717, 1.165) is 12.1 Å². The maximum atomic E-state index is 12.2. The molecule has 0 saturated carbocycles. The van der Waals surface area contributed by atoms with E-state index in [2.05, 4.69) is 15.5 Å². The summed E-state index contributed by atoms with van der Waals surface area (Å²) >= 11 is 0. The van der Waals surface area contributed by atoms with Gasteiger partial charge in [-0.2, -0.15) is 0 Å². The van der Waals surface area contributed by atoms with Crippen molar-refractivity contribution in [2.24, 2.45) is 0 Å². The molecule has 0 fully saturated rings. The van der Waals surface area contributed by atoms with E-state index in [9.17, 15) is 9.59 Å². The lowest BCUT2D eigenvalue weighted by molar-refractivity contribution is -0.130. The van der Waals surface area contributed by atoms with Gasteiger partial charge in [0.1, 0.15) is 6.33 Å². The van der Waals surface area contributed by atoms with E-state index in [1.54, 1.807) is 18.5 Å². The number of ether oxygens (including phenoxy) is 1. The molecule has 7 heteroatoms. The SMILES string of the molecule is CCn1cnnc1CNC(=O)C1Cc2ccccc2C(=O)O1. The molecule has 1 aliphatic rings. The normalized spacial score (nSPS) is 16.8. The Hall–Kier alpha value is -2.70. The fourth-order valence-electron chi connectivity index (χ4n) is 2.44. The minimum atomic E-state index is -0.805. The van der Waals surface area contributed by atoms with Gasteiger partial charge in [-0.3, -0.25) is 4.79 Å². The van der Waals surface area contributed by atoms with Crippen LogP contribution in [0.25, 0.3) is 0 Å². The van der Waals surface area contributed by atoms with Gasteiger partial charge in [0.15, 0.2) is 11.9 Å². The maximum Gasteiger partial charge on any atom is 0.339 e.